The normalized spacial score (nSPS) is 34.7. The zero-order chi connectivity index (χ0) is 18.6. The third-order valence-electron chi connectivity index (χ3n) is 8.32. The van der Waals surface area contributed by atoms with Crippen molar-refractivity contribution in [1.29, 1.82) is 0 Å². The smallest absolute Gasteiger partial charge is 0.174 e. The van der Waals surface area contributed by atoms with Gasteiger partial charge < -0.3 is 5.11 Å². The summed E-state index contributed by atoms with van der Waals surface area (Å²) in [6.45, 7) is 4.68. The highest BCUT2D eigenvalue weighted by molar-refractivity contribution is 5.45. The lowest BCUT2D eigenvalue weighted by atomic mass is 9.54. The summed E-state index contributed by atoms with van der Waals surface area (Å²) in [5.41, 5.74) is 4.47. The fourth-order valence-electron chi connectivity index (χ4n) is 6.87. The average Bonchev–Trinajstić information content (AvgIpc) is 3.29. The van der Waals surface area contributed by atoms with Gasteiger partial charge in [-0.15, -0.1) is 10.2 Å². The van der Waals surface area contributed by atoms with Gasteiger partial charge in [-0.2, -0.15) is 5.21 Å². The number of phenols is 1. The number of aryl methyl sites for hydroxylation is 2. The highest BCUT2D eigenvalue weighted by atomic mass is 16.3. The van der Waals surface area contributed by atoms with Gasteiger partial charge in [-0.3, -0.25) is 0 Å². The first kappa shape index (κ1) is 17.2. The molecule has 5 heteroatoms. The molecule has 144 valence electrons. The van der Waals surface area contributed by atoms with Crippen molar-refractivity contribution in [3.05, 3.63) is 34.6 Å². The summed E-state index contributed by atoms with van der Waals surface area (Å²) >= 11 is 0. The van der Waals surface area contributed by atoms with Crippen LogP contribution in [0.5, 0.6) is 5.75 Å². The number of hydrogen-bond donors (Lipinski definition) is 2. The van der Waals surface area contributed by atoms with Crippen LogP contribution in [0, 0.1) is 23.2 Å². The molecule has 2 N–H and O–H groups in total. The Morgan fingerprint density at radius 2 is 2.11 bits per heavy atom. The third kappa shape index (κ3) is 2.61. The molecule has 0 bridgehead atoms. The monoisotopic (exact) mass is 366 g/mol. The number of aromatic amines is 1. The lowest BCUT2D eigenvalue weighted by molar-refractivity contribution is 0.0279. The van der Waals surface area contributed by atoms with Crippen LogP contribution in [0.25, 0.3) is 0 Å². The minimum atomic E-state index is 0.407. The Morgan fingerprint density at radius 1 is 1.22 bits per heavy atom. The van der Waals surface area contributed by atoms with E-state index >= 15 is 0 Å². The van der Waals surface area contributed by atoms with Crippen molar-refractivity contribution in [3.8, 4) is 5.75 Å². The molecule has 0 spiro atoms. The number of hydrogen-bond acceptors (Lipinski definition) is 4. The Bertz CT molecular complexity index is 833. The summed E-state index contributed by atoms with van der Waals surface area (Å²) in [6, 6.07) is 4.39. The Morgan fingerprint density at radius 3 is 2.89 bits per heavy atom. The molecule has 1 aromatic carbocycles. The van der Waals surface area contributed by atoms with Gasteiger partial charge in [-0.05, 0) is 96.8 Å². The topological polar surface area (TPSA) is 74.7 Å². The lowest BCUT2D eigenvalue weighted by Gasteiger charge is -2.51. The van der Waals surface area contributed by atoms with Crippen LogP contribution in [-0.2, 0) is 19.3 Å². The quantitative estimate of drug-likeness (QED) is 0.854. The van der Waals surface area contributed by atoms with Crippen molar-refractivity contribution >= 4 is 0 Å². The maximum Gasteiger partial charge on any atom is 0.174 e. The molecule has 0 aliphatic heterocycles. The molecule has 1 heterocycles. The van der Waals surface area contributed by atoms with Crippen LogP contribution < -0.4 is 0 Å². The molecule has 0 saturated heterocycles. The van der Waals surface area contributed by atoms with E-state index < -0.39 is 0 Å². The maximum atomic E-state index is 10.3. The molecular weight excluding hydrogens is 336 g/mol. The molecule has 3 aliphatic rings. The van der Waals surface area contributed by atoms with Crippen molar-refractivity contribution in [2.75, 3.05) is 0 Å². The van der Waals surface area contributed by atoms with E-state index in [0.717, 1.165) is 42.5 Å². The number of fused-ring (bicyclic) bond motifs is 5. The summed E-state index contributed by atoms with van der Waals surface area (Å²) in [5, 5.41) is 25.1. The van der Waals surface area contributed by atoms with Gasteiger partial charge in [0, 0.05) is 6.42 Å². The van der Waals surface area contributed by atoms with E-state index in [9.17, 15) is 5.11 Å². The summed E-state index contributed by atoms with van der Waals surface area (Å²) in [7, 11) is 0. The molecular formula is C22H30N4O. The van der Waals surface area contributed by atoms with Gasteiger partial charge in [-0.1, -0.05) is 25.1 Å². The fraction of sp³-hybridized carbons (Fsp3) is 0.682. The molecule has 3 aliphatic carbocycles. The van der Waals surface area contributed by atoms with Gasteiger partial charge in [0.05, 0.1) is 0 Å². The molecule has 5 atom stereocenters. The number of nitrogens with one attached hydrogen (secondary N) is 1. The van der Waals surface area contributed by atoms with E-state index in [0.29, 0.717) is 23.0 Å². The largest absolute Gasteiger partial charge is 0.508 e. The van der Waals surface area contributed by atoms with Crippen LogP contribution in [0.2, 0.25) is 0 Å². The van der Waals surface area contributed by atoms with Gasteiger partial charge in [0.25, 0.3) is 0 Å². The molecule has 2 aromatic rings. The average molecular weight is 367 g/mol. The van der Waals surface area contributed by atoms with Crippen LogP contribution >= 0.6 is 0 Å². The first-order chi connectivity index (χ1) is 13.1. The molecule has 5 rings (SSSR count). The van der Waals surface area contributed by atoms with Crippen molar-refractivity contribution in [3.63, 3.8) is 0 Å². The summed E-state index contributed by atoms with van der Waals surface area (Å²) in [6.07, 6.45) is 9.48. The Labute approximate surface area is 161 Å². The van der Waals surface area contributed by atoms with Crippen LogP contribution in [0.3, 0.4) is 0 Å². The standard InChI is InChI=1S/C22H30N4O/c1-3-13-10-18-14(11-20(13)27)4-6-17-16(18)8-9-22(2)15(5-7-19(17)22)12-21-23-25-26-24-21/h10-11,15-17,19,27H,3-9,12H2,1-2H3,(H,23,24,25,26)/t15-,16+,17-,19+,22-/m1/s1. The summed E-state index contributed by atoms with van der Waals surface area (Å²) < 4.78 is 0. The number of benzene rings is 1. The van der Waals surface area contributed by atoms with Gasteiger partial charge >= 0.3 is 0 Å². The van der Waals surface area contributed by atoms with E-state index in [1.165, 1.54) is 37.7 Å². The van der Waals surface area contributed by atoms with Gasteiger partial charge in [0.1, 0.15) is 5.75 Å². The molecule has 0 unspecified atom stereocenters. The van der Waals surface area contributed by atoms with Crippen molar-refractivity contribution in [2.45, 2.75) is 71.1 Å². The van der Waals surface area contributed by atoms with Gasteiger partial charge in [-0.25, -0.2) is 0 Å². The minimum absolute atomic E-state index is 0.407. The van der Waals surface area contributed by atoms with E-state index in [1.807, 2.05) is 0 Å². The number of rotatable bonds is 3. The number of nitrogens with zero attached hydrogens (tertiary/aromatic N) is 3. The lowest BCUT2D eigenvalue weighted by Crippen LogP contribution is -2.42. The van der Waals surface area contributed by atoms with Crippen LogP contribution in [-0.4, -0.2) is 25.7 Å². The predicted octanol–water partition coefficient (Wildman–Crippen LogP) is 4.18. The highest BCUT2D eigenvalue weighted by Gasteiger charge is 2.54. The fourth-order valence-corrected chi connectivity index (χ4v) is 6.87. The van der Waals surface area contributed by atoms with E-state index in [1.54, 1.807) is 5.56 Å². The summed E-state index contributed by atoms with van der Waals surface area (Å²) in [4.78, 5) is 0. The third-order valence-corrected chi connectivity index (χ3v) is 8.32. The molecule has 0 radical (unpaired) electrons. The van der Waals surface area contributed by atoms with Gasteiger partial charge in [0.2, 0.25) is 0 Å². The number of phenolic OH excluding ortho intramolecular Hbond substituents is 1. The number of tetrazole rings is 1. The number of aromatic hydroxyl groups is 1. The second-order valence-electron chi connectivity index (χ2n) is 9.30. The van der Waals surface area contributed by atoms with Crippen LogP contribution in [0.4, 0.5) is 0 Å². The zero-order valence-corrected chi connectivity index (χ0v) is 16.4. The highest BCUT2D eigenvalue weighted by Crippen LogP contribution is 2.63. The number of H-pyrrole nitrogens is 1. The minimum Gasteiger partial charge on any atom is -0.508 e. The summed E-state index contributed by atoms with van der Waals surface area (Å²) in [5.74, 6) is 4.33. The van der Waals surface area contributed by atoms with Crippen molar-refractivity contribution in [1.82, 2.24) is 20.6 Å². The molecule has 5 nitrogen and oxygen atoms in total. The van der Waals surface area contributed by atoms with Crippen molar-refractivity contribution in [2.24, 2.45) is 23.2 Å². The van der Waals surface area contributed by atoms with Gasteiger partial charge in [0.15, 0.2) is 5.82 Å². The van der Waals surface area contributed by atoms with E-state index in [2.05, 4.69) is 46.6 Å². The molecule has 0 amide bonds. The first-order valence-corrected chi connectivity index (χ1v) is 10.7. The van der Waals surface area contributed by atoms with Crippen LogP contribution in [0.1, 0.15) is 74.4 Å². The SMILES string of the molecule is CCc1cc2c(cc1O)CC[C@@H]1[C@@H]2CC[C@]2(C)[C@@H](Cc3nn[nH]n3)CC[C@@H]12. The van der Waals surface area contributed by atoms with Crippen LogP contribution in [0.15, 0.2) is 12.1 Å². The Balaban J connectivity index is 1.43. The van der Waals surface area contributed by atoms with E-state index in [-0.39, 0.29) is 0 Å². The molecule has 2 fully saturated rings. The molecule has 27 heavy (non-hydrogen) atoms. The second-order valence-corrected chi connectivity index (χ2v) is 9.30. The number of aromatic nitrogens is 4. The first-order valence-electron chi connectivity index (χ1n) is 10.7. The maximum absolute atomic E-state index is 10.3. The Hall–Kier alpha value is -1.91. The Kier molecular flexibility index (Phi) is 4.03. The predicted molar refractivity (Wildman–Crippen MR) is 103 cm³/mol. The van der Waals surface area contributed by atoms with Crippen molar-refractivity contribution < 1.29 is 5.11 Å². The zero-order valence-electron chi connectivity index (χ0n) is 16.4. The second kappa shape index (κ2) is 6.32. The molecule has 2 saturated carbocycles. The molecule has 1 aromatic heterocycles. The van der Waals surface area contributed by atoms with E-state index in [4.69, 9.17) is 0 Å².